The Hall–Kier alpha value is -2.21. The monoisotopic (exact) mass is 399 g/mol. The Balaban J connectivity index is 2.09. The number of urea groups is 1. The molecule has 0 bridgehead atoms. The van der Waals surface area contributed by atoms with Crippen LogP contribution in [0.4, 0.5) is 21.3 Å². The number of aliphatic hydroxyl groups is 1. The highest BCUT2D eigenvalue weighted by Crippen LogP contribution is 2.29. The fraction of sp³-hybridized carbons (Fsp3) is 0.333. The van der Waals surface area contributed by atoms with E-state index in [0.717, 1.165) is 17.0 Å². The number of aliphatic hydroxyl groups excluding tert-OH is 1. The Morgan fingerprint density at radius 2 is 1.88 bits per heavy atom. The quantitative estimate of drug-likeness (QED) is 0.558. The largest absolute Gasteiger partial charge is 0.395 e. The average molecular weight is 399 g/mol. The van der Waals surface area contributed by atoms with Crippen LogP contribution in [0.2, 0.25) is 0 Å². The van der Waals surface area contributed by atoms with Gasteiger partial charge in [-0.1, -0.05) is 11.3 Å². The molecule has 0 saturated carbocycles. The summed E-state index contributed by atoms with van der Waals surface area (Å²) in [4.78, 5) is 17.8. The van der Waals surface area contributed by atoms with Crippen LogP contribution in [0.1, 0.15) is 5.69 Å². The van der Waals surface area contributed by atoms with E-state index in [2.05, 4.69) is 20.3 Å². The van der Waals surface area contributed by atoms with Gasteiger partial charge in [0.2, 0.25) is 0 Å². The second-order valence-corrected chi connectivity index (χ2v) is 8.35. The van der Waals surface area contributed by atoms with Crippen molar-refractivity contribution >= 4 is 43.9 Å². The number of benzene rings is 1. The van der Waals surface area contributed by atoms with Crippen LogP contribution in [0.5, 0.6) is 0 Å². The number of thiazole rings is 1. The Morgan fingerprint density at radius 1 is 1.27 bits per heavy atom. The molecule has 0 saturated heterocycles. The van der Waals surface area contributed by atoms with Crippen molar-refractivity contribution in [2.45, 2.75) is 11.1 Å². The molecule has 0 fully saturated rings. The van der Waals surface area contributed by atoms with E-state index in [0.29, 0.717) is 17.9 Å². The van der Waals surface area contributed by atoms with Crippen molar-refractivity contribution in [2.75, 3.05) is 42.8 Å². The minimum Gasteiger partial charge on any atom is -0.395 e. The second kappa shape index (κ2) is 8.45. The highest BCUT2D eigenvalue weighted by Gasteiger charge is 2.23. The first-order chi connectivity index (χ1) is 12.3. The Bertz CT molecular complexity index is 865. The standard InChI is InChI=1S/C15H21N5O4S2/c1-10-13(26(23,24)16-2)25-15(18-10)20(3)14(22)19-12-6-4-11(5-7-12)17-8-9-21/h4-7,16-17,21H,8-9H2,1-3H3,(H,19,22). The summed E-state index contributed by atoms with van der Waals surface area (Å²) in [6, 6.07) is 6.54. The highest BCUT2D eigenvalue weighted by molar-refractivity contribution is 7.91. The number of carbonyl (C=O) groups is 1. The van der Waals surface area contributed by atoms with Gasteiger partial charge in [-0.3, -0.25) is 4.90 Å². The molecule has 142 valence electrons. The molecule has 4 N–H and O–H groups in total. The van der Waals surface area contributed by atoms with Gasteiger partial charge in [0.1, 0.15) is 0 Å². The number of anilines is 3. The summed E-state index contributed by atoms with van der Waals surface area (Å²) in [5.41, 5.74) is 1.73. The van der Waals surface area contributed by atoms with Crippen molar-refractivity contribution in [1.29, 1.82) is 0 Å². The summed E-state index contributed by atoms with van der Waals surface area (Å²) in [5, 5.41) is 14.8. The summed E-state index contributed by atoms with van der Waals surface area (Å²) in [7, 11) is -0.778. The van der Waals surface area contributed by atoms with Crippen LogP contribution in [0.15, 0.2) is 28.5 Å². The molecule has 2 rings (SSSR count). The van der Waals surface area contributed by atoms with Gasteiger partial charge in [-0.25, -0.2) is 22.9 Å². The van der Waals surface area contributed by atoms with E-state index in [4.69, 9.17) is 5.11 Å². The van der Waals surface area contributed by atoms with E-state index < -0.39 is 16.1 Å². The fourth-order valence-corrected chi connectivity index (χ4v) is 4.31. The first-order valence-corrected chi connectivity index (χ1v) is 9.99. The molecule has 2 aromatic rings. The minimum atomic E-state index is -3.62. The molecule has 0 aliphatic rings. The Morgan fingerprint density at radius 3 is 2.46 bits per heavy atom. The first-order valence-electron chi connectivity index (χ1n) is 7.69. The van der Waals surface area contributed by atoms with Crippen molar-refractivity contribution < 1.29 is 18.3 Å². The maximum absolute atomic E-state index is 12.4. The summed E-state index contributed by atoms with van der Waals surface area (Å²) in [6.45, 7) is 2.05. The summed E-state index contributed by atoms with van der Waals surface area (Å²) in [6.07, 6.45) is 0. The Labute approximate surface area is 156 Å². The van der Waals surface area contributed by atoms with E-state index in [1.165, 1.54) is 19.0 Å². The lowest BCUT2D eigenvalue weighted by Crippen LogP contribution is -2.31. The van der Waals surface area contributed by atoms with Crippen LogP contribution < -0.4 is 20.3 Å². The SMILES string of the molecule is CNS(=O)(=O)c1sc(N(C)C(=O)Nc2ccc(NCCO)cc2)nc1C. The van der Waals surface area contributed by atoms with Gasteiger partial charge in [-0.15, -0.1) is 0 Å². The number of sulfonamides is 1. The van der Waals surface area contributed by atoms with Crippen LogP contribution in [0.25, 0.3) is 0 Å². The topological polar surface area (TPSA) is 124 Å². The minimum absolute atomic E-state index is 0.0295. The van der Waals surface area contributed by atoms with Gasteiger partial charge < -0.3 is 15.7 Å². The zero-order valence-electron chi connectivity index (χ0n) is 14.6. The molecule has 0 spiro atoms. The van der Waals surface area contributed by atoms with Crippen molar-refractivity contribution in [3.8, 4) is 0 Å². The van der Waals surface area contributed by atoms with E-state index in [9.17, 15) is 13.2 Å². The molecule has 2 amide bonds. The summed E-state index contributed by atoms with van der Waals surface area (Å²) in [5.74, 6) is 0. The molecule has 1 aromatic carbocycles. The predicted molar refractivity (Wildman–Crippen MR) is 103 cm³/mol. The molecule has 9 nitrogen and oxygen atoms in total. The molecule has 1 aromatic heterocycles. The molecule has 0 aliphatic carbocycles. The number of nitrogens with zero attached hydrogens (tertiary/aromatic N) is 2. The molecule has 0 unspecified atom stereocenters. The number of carbonyl (C=O) groups excluding carboxylic acids is 1. The van der Waals surface area contributed by atoms with E-state index in [1.807, 2.05) is 0 Å². The smallest absolute Gasteiger partial charge is 0.327 e. The Kier molecular flexibility index (Phi) is 6.53. The molecular weight excluding hydrogens is 378 g/mol. The van der Waals surface area contributed by atoms with Gasteiger partial charge in [0, 0.05) is 25.0 Å². The molecule has 1 heterocycles. The molecule has 0 aliphatic heterocycles. The maximum Gasteiger partial charge on any atom is 0.327 e. The zero-order chi connectivity index (χ0) is 19.3. The molecular formula is C15H21N5O4S2. The average Bonchev–Trinajstić information content (AvgIpc) is 3.03. The van der Waals surface area contributed by atoms with E-state index in [-0.39, 0.29) is 15.9 Å². The van der Waals surface area contributed by atoms with Gasteiger partial charge in [0.25, 0.3) is 10.0 Å². The molecule has 11 heteroatoms. The van der Waals surface area contributed by atoms with E-state index >= 15 is 0 Å². The van der Waals surface area contributed by atoms with Crippen molar-refractivity contribution in [2.24, 2.45) is 0 Å². The van der Waals surface area contributed by atoms with Gasteiger partial charge in [-0.2, -0.15) is 0 Å². The van der Waals surface area contributed by atoms with Crippen molar-refractivity contribution in [1.82, 2.24) is 9.71 Å². The molecule has 0 atom stereocenters. The van der Waals surface area contributed by atoms with Gasteiger partial charge >= 0.3 is 6.03 Å². The molecule has 26 heavy (non-hydrogen) atoms. The maximum atomic E-state index is 12.4. The first kappa shape index (κ1) is 20.1. The number of nitrogens with one attached hydrogen (secondary N) is 3. The third-order valence-electron chi connectivity index (χ3n) is 3.42. The van der Waals surface area contributed by atoms with Gasteiger partial charge in [-0.05, 0) is 38.2 Å². The van der Waals surface area contributed by atoms with Crippen molar-refractivity contribution in [3.05, 3.63) is 30.0 Å². The summed E-state index contributed by atoms with van der Waals surface area (Å²) < 4.78 is 26.2. The van der Waals surface area contributed by atoms with Crippen LogP contribution in [-0.4, -0.2) is 51.8 Å². The lowest BCUT2D eigenvalue weighted by atomic mass is 10.3. The third-order valence-corrected chi connectivity index (χ3v) is 6.68. The number of hydrogen-bond acceptors (Lipinski definition) is 7. The van der Waals surface area contributed by atoms with Crippen LogP contribution in [0.3, 0.4) is 0 Å². The number of rotatable bonds is 7. The lowest BCUT2D eigenvalue weighted by Gasteiger charge is -2.15. The second-order valence-electron chi connectivity index (χ2n) is 5.29. The number of hydrogen-bond donors (Lipinski definition) is 4. The van der Waals surface area contributed by atoms with Gasteiger partial charge in [0.05, 0.1) is 12.3 Å². The lowest BCUT2D eigenvalue weighted by molar-refractivity contribution is 0.258. The van der Waals surface area contributed by atoms with E-state index in [1.54, 1.807) is 31.2 Å². The normalized spacial score (nSPS) is 11.2. The number of amides is 2. The van der Waals surface area contributed by atoms with Crippen molar-refractivity contribution in [3.63, 3.8) is 0 Å². The van der Waals surface area contributed by atoms with Crippen LogP contribution >= 0.6 is 11.3 Å². The fourth-order valence-electron chi connectivity index (χ4n) is 2.02. The third kappa shape index (κ3) is 4.69. The predicted octanol–water partition coefficient (Wildman–Crippen LogP) is 1.43. The highest BCUT2D eigenvalue weighted by atomic mass is 32.2. The van der Waals surface area contributed by atoms with Crippen LogP contribution in [0, 0.1) is 6.92 Å². The number of aromatic nitrogens is 1. The molecule has 0 radical (unpaired) electrons. The number of aryl methyl sites for hydroxylation is 1. The zero-order valence-corrected chi connectivity index (χ0v) is 16.2. The van der Waals surface area contributed by atoms with Gasteiger partial charge in [0.15, 0.2) is 9.34 Å². The summed E-state index contributed by atoms with van der Waals surface area (Å²) >= 11 is 0.919. The van der Waals surface area contributed by atoms with Crippen LogP contribution in [-0.2, 0) is 10.0 Å².